The van der Waals surface area contributed by atoms with E-state index in [1.807, 2.05) is 47.3 Å². The molecular formula is C21H24N4O2. The van der Waals surface area contributed by atoms with Crippen LogP contribution in [0.1, 0.15) is 16.8 Å². The molecule has 6 nitrogen and oxygen atoms in total. The summed E-state index contributed by atoms with van der Waals surface area (Å²) in [5.74, 6) is -0.0320. The highest BCUT2D eigenvalue weighted by Crippen LogP contribution is 2.17. The van der Waals surface area contributed by atoms with Crippen LogP contribution in [0.3, 0.4) is 0 Å². The Morgan fingerprint density at radius 3 is 2.85 bits per heavy atom. The Kier molecular flexibility index (Phi) is 5.34. The fourth-order valence-electron chi connectivity index (χ4n) is 3.40. The van der Waals surface area contributed by atoms with Crippen molar-refractivity contribution in [3.63, 3.8) is 0 Å². The summed E-state index contributed by atoms with van der Waals surface area (Å²) < 4.78 is 7.38. The molecule has 0 aliphatic carbocycles. The Morgan fingerprint density at radius 2 is 1.96 bits per heavy atom. The number of carbonyl (C=O) groups excluding carboxylic acids is 1. The summed E-state index contributed by atoms with van der Waals surface area (Å²) in [5, 5.41) is 8.58. The molecule has 1 aromatic heterocycles. The molecule has 6 heteroatoms. The zero-order chi connectivity index (χ0) is 18.5. The van der Waals surface area contributed by atoms with E-state index >= 15 is 0 Å². The molecule has 1 aliphatic heterocycles. The minimum Gasteiger partial charge on any atom is -0.378 e. The van der Waals surface area contributed by atoms with Gasteiger partial charge in [-0.3, -0.25) is 9.48 Å². The SMILES string of the molecule is O=C(NCCCn1ncc2ccccc21)c1cccc(N2CCOCC2)c1. The third kappa shape index (κ3) is 4.11. The lowest BCUT2D eigenvalue weighted by molar-refractivity contribution is 0.0952. The van der Waals surface area contributed by atoms with Crippen LogP contribution < -0.4 is 10.2 Å². The zero-order valence-electron chi connectivity index (χ0n) is 15.3. The first-order valence-corrected chi connectivity index (χ1v) is 9.43. The molecule has 0 spiro atoms. The van der Waals surface area contributed by atoms with Crippen molar-refractivity contribution in [1.82, 2.24) is 15.1 Å². The van der Waals surface area contributed by atoms with Gasteiger partial charge in [0.2, 0.25) is 0 Å². The molecule has 0 atom stereocenters. The van der Waals surface area contributed by atoms with Gasteiger partial charge in [0.25, 0.3) is 5.91 Å². The number of anilines is 1. The number of amides is 1. The number of fused-ring (bicyclic) bond motifs is 1. The molecule has 0 bridgehead atoms. The molecule has 1 amide bonds. The number of rotatable bonds is 6. The zero-order valence-corrected chi connectivity index (χ0v) is 15.3. The molecule has 1 fully saturated rings. The number of aromatic nitrogens is 2. The standard InChI is InChI=1S/C21H24N4O2/c26-21(17-6-3-7-19(15-17)24-11-13-27-14-12-24)22-9-4-10-25-20-8-2-1-5-18(20)16-23-25/h1-3,5-8,15-16H,4,9-14H2,(H,22,26). The van der Waals surface area contributed by atoms with Gasteiger partial charge in [0.05, 0.1) is 24.9 Å². The number of ether oxygens (including phenoxy) is 1. The largest absolute Gasteiger partial charge is 0.378 e. The average molecular weight is 364 g/mol. The average Bonchev–Trinajstić information content (AvgIpc) is 3.15. The van der Waals surface area contributed by atoms with Gasteiger partial charge in [-0.05, 0) is 30.7 Å². The fourth-order valence-corrected chi connectivity index (χ4v) is 3.40. The molecule has 2 aromatic carbocycles. The van der Waals surface area contributed by atoms with Crippen LogP contribution in [0.2, 0.25) is 0 Å². The van der Waals surface area contributed by atoms with Gasteiger partial charge < -0.3 is 15.0 Å². The summed E-state index contributed by atoms with van der Waals surface area (Å²) in [4.78, 5) is 14.7. The maximum Gasteiger partial charge on any atom is 0.251 e. The minimum atomic E-state index is -0.0320. The smallest absolute Gasteiger partial charge is 0.251 e. The van der Waals surface area contributed by atoms with Gasteiger partial charge in [-0.15, -0.1) is 0 Å². The highest BCUT2D eigenvalue weighted by atomic mass is 16.5. The number of hydrogen-bond donors (Lipinski definition) is 1. The van der Waals surface area contributed by atoms with Crippen molar-refractivity contribution in [2.75, 3.05) is 37.7 Å². The second-order valence-electron chi connectivity index (χ2n) is 6.69. The maximum atomic E-state index is 12.5. The van der Waals surface area contributed by atoms with Crippen molar-refractivity contribution in [1.29, 1.82) is 0 Å². The van der Waals surface area contributed by atoms with Gasteiger partial charge in [0.1, 0.15) is 0 Å². The molecular weight excluding hydrogens is 340 g/mol. The van der Waals surface area contributed by atoms with Crippen LogP contribution >= 0.6 is 0 Å². The van der Waals surface area contributed by atoms with Crippen LogP contribution in [0.25, 0.3) is 10.9 Å². The summed E-state index contributed by atoms with van der Waals surface area (Å²) in [6.07, 6.45) is 2.71. The topological polar surface area (TPSA) is 59.4 Å². The molecule has 2 heterocycles. The van der Waals surface area contributed by atoms with Gasteiger partial charge in [0.15, 0.2) is 0 Å². The van der Waals surface area contributed by atoms with Gasteiger partial charge in [0, 0.05) is 42.8 Å². The van der Waals surface area contributed by atoms with E-state index in [1.54, 1.807) is 0 Å². The molecule has 1 N–H and O–H groups in total. The van der Waals surface area contributed by atoms with E-state index in [4.69, 9.17) is 4.74 Å². The molecule has 0 unspecified atom stereocenters. The summed E-state index contributed by atoms with van der Waals surface area (Å²) >= 11 is 0. The first-order chi connectivity index (χ1) is 13.3. The van der Waals surface area contributed by atoms with E-state index in [0.29, 0.717) is 12.1 Å². The van der Waals surface area contributed by atoms with Crippen LogP contribution in [0.5, 0.6) is 0 Å². The molecule has 27 heavy (non-hydrogen) atoms. The second-order valence-corrected chi connectivity index (χ2v) is 6.69. The van der Waals surface area contributed by atoms with E-state index < -0.39 is 0 Å². The quantitative estimate of drug-likeness (QED) is 0.683. The summed E-state index contributed by atoms with van der Waals surface area (Å²) in [6.45, 7) is 4.60. The number of hydrogen-bond acceptors (Lipinski definition) is 4. The summed E-state index contributed by atoms with van der Waals surface area (Å²) in [7, 11) is 0. The predicted octanol–water partition coefficient (Wildman–Crippen LogP) is 2.69. The Hall–Kier alpha value is -2.86. The minimum absolute atomic E-state index is 0.0320. The molecule has 4 rings (SSSR count). The van der Waals surface area contributed by atoms with Crippen LogP contribution in [0, 0.1) is 0 Å². The Morgan fingerprint density at radius 1 is 1.11 bits per heavy atom. The van der Waals surface area contributed by atoms with E-state index in [-0.39, 0.29) is 5.91 Å². The van der Waals surface area contributed by atoms with Crippen LogP contribution in [-0.2, 0) is 11.3 Å². The number of benzene rings is 2. The third-order valence-electron chi connectivity index (χ3n) is 4.87. The molecule has 140 valence electrons. The van der Waals surface area contributed by atoms with E-state index in [9.17, 15) is 4.79 Å². The van der Waals surface area contributed by atoms with E-state index in [1.165, 1.54) is 0 Å². The van der Waals surface area contributed by atoms with Crippen molar-refractivity contribution < 1.29 is 9.53 Å². The van der Waals surface area contributed by atoms with Crippen LogP contribution in [-0.4, -0.2) is 48.5 Å². The van der Waals surface area contributed by atoms with Crippen molar-refractivity contribution in [3.05, 3.63) is 60.3 Å². The number of carbonyl (C=O) groups is 1. The number of morpholine rings is 1. The number of nitrogens with zero attached hydrogens (tertiary/aromatic N) is 3. The number of para-hydroxylation sites is 1. The van der Waals surface area contributed by atoms with Gasteiger partial charge in [-0.25, -0.2) is 0 Å². The molecule has 1 saturated heterocycles. The summed E-state index contributed by atoms with van der Waals surface area (Å²) in [5.41, 5.74) is 2.90. The molecule has 0 saturated carbocycles. The van der Waals surface area contributed by atoms with E-state index in [0.717, 1.165) is 55.9 Å². The lowest BCUT2D eigenvalue weighted by Gasteiger charge is -2.29. The van der Waals surface area contributed by atoms with Crippen molar-refractivity contribution in [3.8, 4) is 0 Å². The Balaban J connectivity index is 1.30. The van der Waals surface area contributed by atoms with Gasteiger partial charge >= 0.3 is 0 Å². The monoisotopic (exact) mass is 364 g/mol. The molecule has 0 radical (unpaired) electrons. The van der Waals surface area contributed by atoms with Crippen molar-refractivity contribution in [2.45, 2.75) is 13.0 Å². The highest BCUT2D eigenvalue weighted by Gasteiger charge is 2.13. The van der Waals surface area contributed by atoms with E-state index in [2.05, 4.69) is 27.4 Å². The van der Waals surface area contributed by atoms with Gasteiger partial charge in [-0.2, -0.15) is 5.10 Å². The lowest BCUT2D eigenvalue weighted by Crippen LogP contribution is -2.36. The Bertz CT molecular complexity index is 915. The number of aryl methyl sites for hydroxylation is 1. The first-order valence-electron chi connectivity index (χ1n) is 9.43. The Labute approximate surface area is 158 Å². The molecule has 1 aliphatic rings. The molecule has 3 aromatic rings. The lowest BCUT2D eigenvalue weighted by atomic mass is 10.1. The van der Waals surface area contributed by atoms with Crippen LogP contribution in [0.15, 0.2) is 54.7 Å². The second kappa shape index (κ2) is 8.22. The predicted molar refractivity (Wildman–Crippen MR) is 106 cm³/mol. The van der Waals surface area contributed by atoms with Gasteiger partial charge in [-0.1, -0.05) is 24.3 Å². The third-order valence-corrected chi connectivity index (χ3v) is 4.87. The maximum absolute atomic E-state index is 12.5. The van der Waals surface area contributed by atoms with Crippen LogP contribution in [0.4, 0.5) is 5.69 Å². The fraction of sp³-hybridized carbons (Fsp3) is 0.333. The summed E-state index contributed by atoms with van der Waals surface area (Å²) in [6, 6.07) is 16.0. The highest BCUT2D eigenvalue weighted by molar-refractivity contribution is 5.95. The van der Waals surface area contributed by atoms with Crippen molar-refractivity contribution in [2.24, 2.45) is 0 Å². The number of nitrogens with one attached hydrogen (secondary N) is 1. The normalized spacial score (nSPS) is 14.4. The first kappa shape index (κ1) is 17.5. The van der Waals surface area contributed by atoms with Crippen molar-refractivity contribution >= 4 is 22.5 Å².